The van der Waals surface area contributed by atoms with Crippen LogP contribution in [-0.2, 0) is 6.54 Å². The van der Waals surface area contributed by atoms with Gasteiger partial charge >= 0.3 is 0 Å². The minimum absolute atomic E-state index is 0.381. The molecule has 1 N–H and O–H groups in total. The lowest BCUT2D eigenvalue weighted by Crippen LogP contribution is -2.03. The lowest BCUT2D eigenvalue weighted by atomic mass is 10.2. The van der Waals surface area contributed by atoms with Crippen LogP contribution in [0.5, 0.6) is 0 Å². The quantitative estimate of drug-likeness (QED) is 0.387. The molecule has 2 aromatic heterocycles. The van der Waals surface area contributed by atoms with Crippen molar-refractivity contribution in [2.24, 2.45) is 5.10 Å². The molecule has 26 heavy (non-hydrogen) atoms. The monoisotopic (exact) mass is 408 g/mol. The molecule has 0 aliphatic rings. The molecule has 0 atom stereocenters. The number of hydrazone groups is 1. The second-order valence-electron chi connectivity index (χ2n) is 5.90. The Hall–Kier alpha value is -2.80. The van der Waals surface area contributed by atoms with Crippen LogP contribution in [0.4, 0.5) is 5.95 Å². The fraction of sp³-hybridized carbons (Fsp3) is 0.158. The molecule has 2 heterocycles. The smallest absolute Gasteiger partial charge is 0.265 e. The predicted octanol–water partition coefficient (Wildman–Crippen LogP) is 4.60. The van der Waals surface area contributed by atoms with Crippen molar-refractivity contribution in [3.63, 3.8) is 0 Å². The molecule has 0 unspecified atom stereocenters. The van der Waals surface area contributed by atoms with Crippen LogP contribution in [0, 0.1) is 0 Å². The van der Waals surface area contributed by atoms with Gasteiger partial charge in [0.1, 0.15) is 5.52 Å². The summed E-state index contributed by atoms with van der Waals surface area (Å²) in [5.74, 6) is 0.381. The van der Waals surface area contributed by atoms with Crippen LogP contribution in [0.25, 0.3) is 22.1 Å². The van der Waals surface area contributed by atoms with Crippen molar-refractivity contribution in [1.29, 1.82) is 0 Å². The fourth-order valence-corrected chi connectivity index (χ4v) is 3.18. The summed E-state index contributed by atoms with van der Waals surface area (Å²) in [7, 11) is 0. The average molecular weight is 409 g/mol. The van der Waals surface area contributed by atoms with Crippen LogP contribution >= 0.6 is 15.9 Å². The van der Waals surface area contributed by atoms with Gasteiger partial charge in [-0.05, 0) is 30.2 Å². The number of rotatable bonds is 5. The van der Waals surface area contributed by atoms with Crippen LogP contribution in [-0.4, -0.2) is 26.0 Å². The predicted molar refractivity (Wildman–Crippen MR) is 108 cm³/mol. The van der Waals surface area contributed by atoms with E-state index in [-0.39, 0.29) is 0 Å². The number of benzene rings is 2. The number of aryl methyl sites for hydroxylation is 1. The molecule has 7 heteroatoms. The van der Waals surface area contributed by atoms with Crippen molar-refractivity contribution in [2.75, 3.05) is 5.43 Å². The number of hydrogen-bond acceptors (Lipinski definition) is 5. The summed E-state index contributed by atoms with van der Waals surface area (Å²) in [6, 6.07) is 16.1. The van der Waals surface area contributed by atoms with Crippen molar-refractivity contribution in [1.82, 2.24) is 19.7 Å². The number of aromatic nitrogens is 4. The SMILES string of the molecule is CCCn1c2ccccc2c2nnc(N/N=C/c3ccc(Br)cc3)nc21. The van der Waals surface area contributed by atoms with Gasteiger partial charge in [-0.25, -0.2) is 5.43 Å². The molecule has 0 saturated carbocycles. The van der Waals surface area contributed by atoms with Crippen molar-refractivity contribution in [3.05, 3.63) is 58.6 Å². The third-order valence-corrected chi connectivity index (χ3v) is 4.60. The third kappa shape index (κ3) is 3.17. The molecule has 130 valence electrons. The summed E-state index contributed by atoms with van der Waals surface area (Å²) in [5.41, 5.74) is 6.62. The zero-order valence-corrected chi connectivity index (χ0v) is 15.8. The van der Waals surface area contributed by atoms with E-state index in [2.05, 4.69) is 65.3 Å². The van der Waals surface area contributed by atoms with Crippen molar-refractivity contribution >= 4 is 50.2 Å². The second kappa shape index (κ2) is 7.21. The summed E-state index contributed by atoms with van der Waals surface area (Å²) in [6.45, 7) is 3.03. The minimum Gasteiger partial charge on any atom is -0.324 e. The van der Waals surface area contributed by atoms with E-state index in [9.17, 15) is 0 Å². The first kappa shape index (κ1) is 16.7. The number of hydrogen-bond donors (Lipinski definition) is 1. The summed E-state index contributed by atoms with van der Waals surface area (Å²) in [5, 5.41) is 13.8. The van der Waals surface area contributed by atoms with E-state index in [4.69, 9.17) is 0 Å². The number of halogens is 1. The number of anilines is 1. The summed E-state index contributed by atoms with van der Waals surface area (Å²) >= 11 is 3.42. The van der Waals surface area contributed by atoms with Crippen molar-refractivity contribution in [3.8, 4) is 0 Å². The zero-order chi connectivity index (χ0) is 17.9. The molecule has 0 bridgehead atoms. The number of nitrogens with one attached hydrogen (secondary N) is 1. The van der Waals surface area contributed by atoms with Gasteiger partial charge in [0.25, 0.3) is 5.95 Å². The second-order valence-corrected chi connectivity index (χ2v) is 6.81. The molecule has 0 saturated heterocycles. The van der Waals surface area contributed by atoms with E-state index in [1.165, 1.54) is 0 Å². The van der Waals surface area contributed by atoms with E-state index in [1.54, 1.807) is 6.21 Å². The van der Waals surface area contributed by atoms with Crippen LogP contribution in [0.3, 0.4) is 0 Å². The van der Waals surface area contributed by atoms with Gasteiger partial charge in [-0.3, -0.25) is 0 Å². The van der Waals surface area contributed by atoms with Gasteiger partial charge in [0.15, 0.2) is 5.65 Å². The molecule has 0 fully saturated rings. The molecule has 2 aromatic carbocycles. The van der Waals surface area contributed by atoms with Gasteiger partial charge in [-0.15, -0.1) is 10.2 Å². The van der Waals surface area contributed by atoms with Gasteiger partial charge < -0.3 is 4.57 Å². The average Bonchev–Trinajstić information content (AvgIpc) is 2.97. The topological polar surface area (TPSA) is 68.0 Å². The zero-order valence-electron chi connectivity index (χ0n) is 14.2. The first-order valence-corrected chi connectivity index (χ1v) is 9.22. The molecular formula is C19H17BrN6. The van der Waals surface area contributed by atoms with Gasteiger partial charge in [0.2, 0.25) is 0 Å². The van der Waals surface area contributed by atoms with E-state index in [0.29, 0.717) is 5.95 Å². The molecule has 0 aliphatic carbocycles. The molecule has 0 amide bonds. The maximum Gasteiger partial charge on any atom is 0.265 e. The lowest BCUT2D eigenvalue weighted by molar-refractivity contribution is 0.716. The first-order valence-electron chi connectivity index (χ1n) is 8.42. The standard InChI is InChI=1S/C19H17BrN6/c1-2-11-26-16-6-4-3-5-15(16)17-18(26)22-19(25-23-17)24-21-12-13-7-9-14(20)10-8-13/h3-10,12H,2,11H2,1H3,(H,22,24,25)/b21-12+. The Morgan fingerprint density at radius 2 is 1.92 bits per heavy atom. The number of para-hydroxylation sites is 1. The normalized spacial score (nSPS) is 11.6. The van der Waals surface area contributed by atoms with E-state index < -0.39 is 0 Å². The maximum absolute atomic E-state index is 4.63. The Morgan fingerprint density at radius 1 is 1.12 bits per heavy atom. The molecule has 0 radical (unpaired) electrons. The molecule has 4 rings (SSSR count). The summed E-state index contributed by atoms with van der Waals surface area (Å²) in [6.07, 6.45) is 2.74. The molecule has 4 aromatic rings. The summed E-state index contributed by atoms with van der Waals surface area (Å²) in [4.78, 5) is 4.63. The van der Waals surface area contributed by atoms with E-state index in [1.807, 2.05) is 36.4 Å². The molecule has 0 spiro atoms. The number of fused-ring (bicyclic) bond motifs is 3. The Labute approximate surface area is 159 Å². The van der Waals surface area contributed by atoms with Gasteiger partial charge in [-0.2, -0.15) is 10.1 Å². The maximum atomic E-state index is 4.63. The Kier molecular flexibility index (Phi) is 4.62. The van der Waals surface area contributed by atoms with Gasteiger partial charge in [0, 0.05) is 16.4 Å². The lowest BCUT2D eigenvalue weighted by Gasteiger charge is -2.04. The summed E-state index contributed by atoms with van der Waals surface area (Å²) < 4.78 is 3.22. The largest absolute Gasteiger partial charge is 0.324 e. The Balaban J connectivity index is 1.67. The van der Waals surface area contributed by atoms with Gasteiger partial charge in [-0.1, -0.05) is 53.2 Å². The highest BCUT2D eigenvalue weighted by atomic mass is 79.9. The minimum atomic E-state index is 0.381. The first-order chi connectivity index (χ1) is 12.8. The van der Waals surface area contributed by atoms with Crippen LogP contribution in [0.15, 0.2) is 58.1 Å². The highest BCUT2D eigenvalue weighted by Gasteiger charge is 2.13. The van der Waals surface area contributed by atoms with Crippen molar-refractivity contribution in [2.45, 2.75) is 19.9 Å². The van der Waals surface area contributed by atoms with Crippen LogP contribution in [0.2, 0.25) is 0 Å². The van der Waals surface area contributed by atoms with Crippen molar-refractivity contribution < 1.29 is 0 Å². The molecule has 6 nitrogen and oxygen atoms in total. The highest BCUT2D eigenvalue weighted by Crippen LogP contribution is 2.26. The number of nitrogens with zero attached hydrogens (tertiary/aromatic N) is 5. The Bertz CT molecular complexity index is 1080. The third-order valence-electron chi connectivity index (χ3n) is 4.07. The van der Waals surface area contributed by atoms with Crippen LogP contribution in [0.1, 0.15) is 18.9 Å². The fourth-order valence-electron chi connectivity index (χ4n) is 2.91. The molecule has 0 aliphatic heterocycles. The van der Waals surface area contributed by atoms with Crippen LogP contribution < -0.4 is 5.43 Å². The van der Waals surface area contributed by atoms with E-state index in [0.717, 1.165) is 45.1 Å². The Morgan fingerprint density at radius 3 is 2.73 bits per heavy atom. The highest BCUT2D eigenvalue weighted by molar-refractivity contribution is 9.10. The van der Waals surface area contributed by atoms with Gasteiger partial charge in [0.05, 0.1) is 11.7 Å². The van der Waals surface area contributed by atoms with E-state index >= 15 is 0 Å². The molecular weight excluding hydrogens is 392 g/mol.